The molecule has 1 unspecified atom stereocenters. The molecule has 184 valence electrons. The van der Waals surface area contributed by atoms with Gasteiger partial charge < -0.3 is 15.3 Å². The smallest absolute Gasteiger partial charge is 0.392 e. The minimum absolute atomic E-state index is 0.0110. The Morgan fingerprint density at radius 1 is 1.21 bits per heavy atom. The van der Waals surface area contributed by atoms with Gasteiger partial charge in [0.25, 0.3) is 0 Å². The number of hydrogen-bond donors (Lipinski definition) is 2. The van der Waals surface area contributed by atoms with E-state index in [1.54, 1.807) is 0 Å². The van der Waals surface area contributed by atoms with Crippen molar-refractivity contribution in [2.45, 2.75) is 51.6 Å². The van der Waals surface area contributed by atoms with Crippen molar-refractivity contribution in [3.8, 4) is 0 Å². The minimum Gasteiger partial charge on any atom is -0.392 e. The third-order valence-electron chi connectivity index (χ3n) is 6.51. The van der Waals surface area contributed by atoms with Crippen LogP contribution in [0.25, 0.3) is 0 Å². The molecule has 1 atom stereocenters. The van der Waals surface area contributed by atoms with Crippen molar-refractivity contribution in [3.63, 3.8) is 0 Å². The number of anilines is 1. The SMILES string of the molecule is CC(O)CN(Cc1ccccc1C(F)(F)F)C(=O)CNc1cccc2c1CCN(CC1CC1)C2. The van der Waals surface area contributed by atoms with Crippen LogP contribution in [0.3, 0.4) is 0 Å². The van der Waals surface area contributed by atoms with E-state index >= 15 is 0 Å². The molecular formula is C26H32F3N3O2. The van der Waals surface area contributed by atoms with Gasteiger partial charge in [0.15, 0.2) is 0 Å². The summed E-state index contributed by atoms with van der Waals surface area (Å²) in [6.07, 6.45) is -1.82. The first-order chi connectivity index (χ1) is 16.2. The molecule has 5 nitrogen and oxygen atoms in total. The number of aliphatic hydroxyl groups is 1. The fourth-order valence-electron chi connectivity index (χ4n) is 4.65. The number of hydrogen-bond acceptors (Lipinski definition) is 4. The van der Waals surface area contributed by atoms with Gasteiger partial charge >= 0.3 is 6.18 Å². The van der Waals surface area contributed by atoms with Crippen LogP contribution < -0.4 is 5.32 Å². The van der Waals surface area contributed by atoms with Gasteiger partial charge in [0.05, 0.1) is 18.2 Å². The number of alkyl halides is 3. The monoisotopic (exact) mass is 475 g/mol. The number of aliphatic hydroxyl groups excluding tert-OH is 1. The second-order valence-corrected chi connectivity index (χ2v) is 9.50. The molecular weight excluding hydrogens is 443 g/mol. The molecule has 1 fully saturated rings. The van der Waals surface area contributed by atoms with Gasteiger partial charge in [0.1, 0.15) is 0 Å². The Kier molecular flexibility index (Phi) is 7.48. The molecule has 2 aliphatic rings. The highest BCUT2D eigenvalue weighted by Crippen LogP contribution is 2.34. The van der Waals surface area contributed by atoms with Gasteiger partial charge in [-0.2, -0.15) is 13.2 Å². The zero-order valence-electron chi connectivity index (χ0n) is 19.4. The molecule has 1 heterocycles. The predicted molar refractivity (Wildman–Crippen MR) is 125 cm³/mol. The van der Waals surface area contributed by atoms with Crippen molar-refractivity contribution >= 4 is 11.6 Å². The fourth-order valence-corrected chi connectivity index (χ4v) is 4.65. The molecule has 4 rings (SSSR count). The highest BCUT2D eigenvalue weighted by molar-refractivity contribution is 5.81. The maximum Gasteiger partial charge on any atom is 0.416 e. The summed E-state index contributed by atoms with van der Waals surface area (Å²) in [6, 6.07) is 11.3. The molecule has 0 spiro atoms. The highest BCUT2D eigenvalue weighted by Gasteiger charge is 2.34. The third kappa shape index (κ3) is 6.30. The summed E-state index contributed by atoms with van der Waals surface area (Å²) in [5.41, 5.74) is 2.59. The number of nitrogens with one attached hydrogen (secondary N) is 1. The number of carbonyl (C=O) groups excluding carboxylic acids is 1. The first kappa shape index (κ1) is 24.5. The summed E-state index contributed by atoms with van der Waals surface area (Å²) < 4.78 is 40.3. The van der Waals surface area contributed by atoms with Gasteiger partial charge in [-0.25, -0.2) is 0 Å². The maximum absolute atomic E-state index is 13.4. The first-order valence-electron chi connectivity index (χ1n) is 11.9. The fraction of sp³-hybridized carbons (Fsp3) is 0.500. The summed E-state index contributed by atoms with van der Waals surface area (Å²) >= 11 is 0. The molecule has 2 aromatic rings. The summed E-state index contributed by atoms with van der Waals surface area (Å²) in [7, 11) is 0. The van der Waals surface area contributed by atoms with Crippen LogP contribution in [-0.2, 0) is 30.5 Å². The molecule has 1 saturated carbocycles. The van der Waals surface area contributed by atoms with Gasteiger partial charge in [-0.3, -0.25) is 9.69 Å². The molecule has 34 heavy (non-hydrogen) atoms. The average molecular weight is 476 g/mol. The van der Waals surface area contributed by atoms with Gasteiger partial charge in [0.2, 0.25) is 5.91 Å². The van der Waals surface area contributed by atoms with Crippen molar-refractivity contribution in [1.82, 2.24) is 9.80 Å². The molecule has 1 amide bonds. The van der Waals surface area contributed by atoms with Crippen LogP contribution >= 0.6 is 0 Å². The van der Waals surface area contributed by atoms with E-state index in [9.17, 15) is 23.1 Å². The Balaban J connectivity index is 1.43. The van der Waals surface area contributed by atoms with Crippen LogP contribution in [0.5, 0.6) is 0 Å². The van der Waals surface area contributed by atoms with Gasteiger partial charge in [0, 0.05) is 38.4 Å². The normalized spacial score (nSPS) is 17.2. The molecule has 0 aromatic heterocycles. The highest BCUT2D eigenvalue weighted by atomic mass is 19.4. The lowest BCUT2D eigenvalue weighted by atomic mass is 9.97. The lowest BCUT2D eigenvalue weighted by Crippen LogP contribution is -2.40. The lowest BCUT2D eigenvalue weighted by molar-refractivity contribution is -0.139. The Labute approximate surface area is 198 Å². The van der Waals surface area contributed by atoms with E-state index in [1.165, 1.54) is 54.0 Å². The van der Waals surface area contributed by atoms with Gasteiger partial charge in [-0.05, 0) is 60.9 Å². The van der Waals surface area contributed by atoms with Gasteiger partial charge in [-0.1, -0.05) is 30.3 Å². The lowest BCUT2D eigenvalue weighted by Gasteiger charge is -2.30. The zero-order valence-corrected chi connectivity index (χ0v) is 19.4. The van der Waals surface area contributed by atoms with Crippen LogP contribution in [0.1, 0.15) is 42.0 Å². The standard InChI is InChI=1S/C26H32F3N3O2/c1-18(33)14-32(17-21-5-2-3-7-23(21)26(27,28)29)25(34)13-30-24-8-4-6-20-16-31(12-11-22(20)24)15-19-9-10-19/h2-8,18-19,30,33H,9-17H2,1H3. The van der Waals surface area contributed by atoms with E-state index < -0.39 is 17.8 Å². The Morgan fingerprint density at radius 2 is 1.97 bits per heavy atom. The van der Waals surface area contributed by atoms with Crippen molar-refractivity contribution in [3.05, 3.63) is 64.7 Å². The maximum atomic E-state index is 13.4. The van der Waals surface area contributed by atoms with Crippen molar-refractivity contribution in [2.75, 3.05) is 31.5 Å². The first-order valence-corrected chi connectivity index (χ1v) is 11.9. The van der Waals surface area contributed by atoms with Crippen LogP contribution in [0.2, 0.25) is 0 Å². The van der Waals surface area contributed by atoms with Crippen molar-refractivity contribution < 1.29 is 23.1 Å². The van der Waals surface area contributed by atoms with E-state index in [1.807, 2.05) is 12.1 Å². The molecule has 1 aliphatic carbocycles. The largest absolute Gasteiger partial charge is 0.416 e. The number of nitrogens with zero attached hydrogens (tertiary/aromatic N) is 2. The third-order valence-corrected chi connectivity index (χ3v) is 6.51. The molecule has 0 radical (unpaired) electrons. The van der Waals surface area contributed by atoms with Crippen molar-refractivity contribution in [2.24, 2.45) is 5.92 Å². The molecule has 2 N–H and O–H groups in total. The second-order valence-electron chi connectivity index (χ2n) is 9.50. The Bertz CT molecular complexity index is 1010. The van der Waals surface area contributed by atoms with Gasteiger partial charge in [-0.15, -0.1) is 0 Å². The quantitative estimate of drug-likeness (QED) is 0.568. The number of amides is 1. The summed E-state index contributed by atoms with van der Waals surface area (Å²) in [5.74, 6) is 0.476. The van der Waals surface area contributed by atoms with E-state index in [0.717, 1.165) is 43.7 Å². The molecule has 0 saturated heterocycles. The van der Waals surface area contributed by atoms with E-state index in [4.69, 9.17) is 0 Å². The number of benzene rings is 2. The van der Waals surface area contributed by atoms with Crippen LogP contribution in [0.15, 0.2) is 42.5 Å². The second kappa shape index (κ2) is 10.4. The summed E-state index contributed by atoms with van der Waals surface area (Å²) in [5, 5.41) is 13.1. The summed E-state index contributed by atoms with van der Waals surface area (Å²) in [6.45, 7) is 4.23. The average Bonchev–Trinajstić information content (AvgIpc) is 3.60. The summed E-state index contributed by atoms with van der Waals surface area (Å²) in [4.78, 5) is 16.8. The molecule has 2 aromatic carbocycles. The van der Waals surface area contributed by atoms with Crippen LogP contribution in [0.4, 0.5) is 18.9 Å². The number of rotatable bonds is 9. The predicted octanol–water partition coefficient (Wildman–Crippen LogP) is 4.30. The van der Waals surface area contributed by atoms with Crippen molar-refractivity contribution in [1.29, 1.82) is 0 Å². The minimum atomic E-state index is -4.51. The van der Waals surface area contributed by atoms with Crippen LogP contribution in [0, 0.1) is 5.92 Å². The van der Waals surface area contributed by atoms with Crippen LogP contribution in [-0.4, -0.2) is 53.1 Å². The molecule has 1 aliphatic heterocycles. The number of carbonyl (C=O) groups is 1. The van der Waals surface area contributed by atoms with E-state index in [0.29, 0.717) is 0 Å². The topological polar surface area (TPSA) is 55.8 Å². The molecule has 0 bridgehead atoms. The zero-order chi connectivity index (χ0) is 24.3. The Morgan fingerprint density at radius 3 is 2.68 bits per heavy atom. The Hall–Kier alpha value is -2.58. The van der Waals surface area contributed by atoms with E-state index in [2.05, 4.69) is 16.3 Å². The molecule has 8 heteroatoms. The number of halogens is 3. The van der Waals surface area contributed by atoms with E-state index in [-0.39, 0.29) is 31.1 Å². The number of fused-ring (bicyclic) bond motifs is 1.